The Kier molecular flexibility index (Phi) is 6.64. The predicted molar refractivity (Wildman–Crippen MR) is 110 cm³/mol. The number of morpholine rings is 1. The number of thioether (sulfide) groups is 1. The van der Waals surface area contributed by atoms with E-state index in [1.54, 1.807) is 0 Å². The molecule has 0 spiro atoms. The van der Waals surface area contributed by atoms with E-state index in [0.29, 0.717) is 6.54 Å². The van der Waals surface area contributed by atoms with Crippen LogP contribution in [0.2, 0.25) is 0 Å². The first kappa shape index (κ1) is 19.3. The van der Waals surface area contributed by atoms with E-state index in [0.717, 1.165) is 63.5 Å². The molecule has 0 radical (unpaired) electrons. The zero-order chi connectivity index (χ0) is 18.4. The summed E-state index contributed by atoms with van der Waals surface area (Å²) in [4.78, 5) is 14.3. The Bertz CT molecular complexity index is 616. The maximum absolute atomic E-state index is 5.47. The van der Waals surface area contributed by atoms with Crippen LogP contribution in [0.1, 0.15) is 26.3 Å². The smallest absolute Gasteiger partial charge is 0.194 e. The number of nitrogens with zero attached hydrogens (tertiary/aromatic N) is 4. The zero-order valence-corrected chi connectivity index (χ0v) is 17.0. The molecule has 1 aromatic heterocycles. The number of aromatic nitrogens is 1. The first-order valence-electron chi connectivity index (χ1n) is 9.53. The van der Waals surface area contributed by atoms with Crippen LogP contribution >= 0.6 is 11.8 Å². The second-order valence-corrected chi connectivity index (χ2v) is 9.09. The van der Waals surface area contributed by atoms with Crippen LogP contribution in [0.15, 0.2) is 23.3 Å². The van der Waals surface area contributed by atoms with Gasteiger partial charge in [-0.1, -0.05) is 6.07 Å². The van der Waals surface area contributed by atoms with Crippen LogP contribution in [-0.2, 0) is 11.3 Å². The molecule has 2 aliphatic rings. The Morgan fingerprint density at radius 2 is 2.15 bits per heavy atom. The van der Waals surface area contributed by atoms with Crippen LogP contribution in [0.4, 0.5) is 5.82 Å². The van der Waals surface area contributed by atoms with Crippen molar-refractivity contribution in [1.82, 2.24) is 15.2 Å². The third-order valence-electron chi connectivity index (χ3n) is 4.64. The minimum atomic E-state index is 0.266. The van der Waals surface area contributed by atoms with Gasteiger partial charge in [-0.3, -0.25) is 0 Å². The second kappa shape index (κ2) is 8.95. The number of nitrogens with one attached hydrogen (secondary N) is 1. The molecular formula is C19H31N5OS. The van der Waals surface area contributed by atoms with E-state index in [4.69, 9.17) is 9.73 Å². The first-order valence-corrected chi connectivity index (χ1v) is 10.5. The van der Waals surface area contributed by atoms with Crippen molar-refractivity contribution in [3.8, 4) is 0 Å². The molecule has 0 aliphatic carbocycles. The molecule has 0 saturated carbocycles. The summed E-state index contributed by atoms with van der Waals surface area (Å²) in [7, 11) is 0. The van der Waals surface area contributed by atoms with Gasteiger partial charge in [-0.2, -0.15) is 11.8 Å². The highest BCUT2D eigenvalue weighted by molar-refractivity contribution is 8.00. The van der Waals surface area contributed by atoms with Crippen LogP contribution in [0.5, 0.6) is 0 Å². The molecule has 2 saturated heterocycles. The molecule has 0 unspecified atom stereocenters. The first-order chi connectivity index (χ1) is 12.6. The van der Waals surface area contributed by atoms with Crippen LogP contribution in [0.3, 0.4) is 0 Å². The standard InChI is InChI=1S/C19H31N5OS/c1-4-20-18(24-10-13-26-19(2,3)15-24)22-14-16-6-5-7-21-17(16)23-8-11-25-12-9-23/h5-7H,4,8-15H2,1-3H3,(H,20,22). The van der Waals surface area contributed by atoms with Crippen molar-refractivity contribution in [2.75, 3.05) is 56.6 Å². The number of aliphatic imine (C=N–C) groups is 1. The van der Waals surface area contributed by atoms with Crippen molar-refractivity contribution in [1.29, 1.82) is 0 Å². The monoisotopic (exact) mass is 377 g/mol. The Morgan fingerprint density at radius 1 is 1.35 bits per heavy atom. The van der Waals surface area contributed by atoms with E-state index >= 15 is 0 Å². The Balaban J connectivity index is 1.75. The van der Waals surface area contributed by atoms with Gasteiger partial charge >= 0.3 is 0 Å². The fraction of sp³-hybridized carbons (Fsp3) is 0.684. The van der Waals surface area contributed by atoms with Gasteiger partial charge in [-0.25, -0.2) is 9.98 Å². The molecule has 26 heavy (non-hydrogen) atoms. The number of anilines is 1. The minimum Gasteiger partial charge on any atom is -0.378 e. The van der Waals surface area contributed by atoms with Gasteiger partial charge < -0.3 is 19.9 Å². The molecule has 144 valence electrons. The lowest BCUT2D eigenvalue weighted by molar-refractivity contribution is 0.122. The lowest BCUT2D eigenvalue weighted by Gasteiger charge is -2.39. The molecule has 1 aromatic rings. The molecule has 0 amide bonds. The van der Waals surface area contributed by atoms with Gasteiger partial charge in [0.2, 0.25) is 0 Å². The van der Waals surface area contributed by atoms with E-state index in [9.17, 15) is 0 Å². The van der Waals surface area contributed by atoms with Crippen molar-refractivity contribution < 1.29 is 4.74 Å². The van der Waals surface area contributed by atoms with E-state index in [1.807, 2.05) is 24.0 Å². The number of ether oxygens (including phenoxy) is 1. The molecule has 3 heterocycles. The van der Waals surface area contributed by atoms with Crippen molar-refractivity contribution >= 4 is 23.5 Å². The average Bonchev–Trinajstić information content (AvgIpc) is 2.65. The minimum absolute atomic E-state index is 0.266. The normalized spacial score (nSPS) is 21.0. The number of hydrogen-bond donors (Lipinski definition) is 1. The zero-order valence-electron chi connectivity index (χ0n) is 16.2. The molecule has 2 aliphatic heterocycles. The highest BCUT2D eigenvalue weighted by Crippen LogP contribution is 2.29. The molecule has 0 aromatic carbocycles. The summed E-state index contributed by atoms with van der Waals surface area (Å²) >= 11 is 2.04. The summed E-state index contributed by atoms with van der Waals surface area (Å²) < 4.78 is 5.74. The molecular weight excluding hydrogens is 346 g/mol. The molecule has 1 N–H and O–H groups in total. The summed E-state index contributed by atoms with van der Waals surface area (Å²) in [5.41, 5.74) is 1.18. The van der Waals surface area contributed by atoms with Crippen molar-refractivity contribution in [2.45, 2.75) is 32.1 Å². The van der Waals surface area contributed by atoms with Gasteiger partial charge in [0.25, 0.3) is 0 Å². The van der Waals surface area contributed by atoms with Crippen LogP contribution < -0.4 is 10.2 Å². The number of rotatable bonds is 4. The summed E-state index contributed by atoms with van der Waals surface area (Å²) in [6.07, 6.45) is 1.87. The summed E-state index contributed by atoms with van der Waals surface area (Å²) in [5.74, 6) is 3.20. The average molecular weight is 378 g/mol. The van der Waals surface area contributed by atoms with Crippen LogP contribution in [-0.4, -0.2) is 72.3 Å². The third kappa shape index (κ3) is 5.04. The highest BCUT2D eigenvalue weighted by atomic mass is 32.2. The quantitative estimate of drug-likeness (QED) is 0.641. The Morgan fingerprint density at radius 3 is 2.88 bits per heavy atom. The Hall–Kier alpha value is -1.47. The lowest BCUT2D eigenvalue weighted by atomic mass is 10.2. The van der Waals surface area contributed by atoms with E-state index in [-0.39, 0.29) is 4.75 Å². The maximum atomic E-state index is 5.47. The highest BCUT2D eigenvalue weighted by Gasteiger charge is 2.28. The van der Waals surface area contributed by atoms with E-state index in [2.05, 4.69) is 46.9 Å². The van der Waals surface area contributed by atoms with Crippen LogP contribution in [0, 0.1) is 0 Å². The van der Waals surface area contributed by atoms with Gasteiger partial charge in [0.15, 0.2) is 5.96 Å². The number of pyridine rings is 1. The fourth-order valence-corrected chi connectivity index (χ4v) is 4.51. The van der Waals surface area contributed by atoms with Crippen molar-refractivity contribution in [2.24, 2.45) is 4.99 Å². The largest absolute Gasteiger partial charge is 0.378 e. The van der Waals surface area contributed by atoms with Gasteiger partial charge in [0.05, 0.1) is 19.8 Å². The molecule has 7 heteroatoms. The van der Waals surface area contributed by atoms with Crippen LogP contribution in [0.25, 0.3) is 0 Å². The topological polar surface area (TPSA) is 53.0 Å². The van der Waals surface area contributed by atoms with Gasteiger partial charge in [-0.15, -0.1) is 0 Å². The summed E-state index contributed by atoms with van der Waals surface area (Å²) in [6, 6.07) is 4.14. The third-order valence-corrected chi connectivity index (χ3v) is 5.93. The second-order valence-electron chi connectivity index (χ2n) is 7.29. The SMILES string of the molecule is CCNC(=NCc1cccnc1N1CCOCC1)N1CCSC(C)(C)C1. The van der Waals surface area contributed by atoms with Gasteiger partial charge in [0.1, 0.15) is 5.82 Å². The molecule has 0 atom stereocenters. The Labute approximate surface area is 161 Å². The molecule has 6 nitrogen and oxygen atoms in total. The lowest BCUT2D eigenvalue weighted by Crippen LogP contribution is -2.51. The number of hydrogen-bond acceptors (Lipinski definition) is 5. The molecule has 0 bridgehead atoms. The molecule has 2 fully saturated rings. The van der Waals surface area contributed by atoms with E-state index in [1.165, 1.54) is 5.56 Å². The number of guanidine groups is 1. The predicted octanol–water partition coefficient (Wildman–Crippen LogP) is 2.21. The fourth-order valence-electron chi connectivity index (χ4n) is 3.40. The van der Waals surface area contributed by atoms with Gasteiger partial charge in [0, 0.05) is 55.0 Å². The van der Waals surface area contributed by atoms with Crippen molar-refractivity contribution in [3.05, 3.63) is 23.9 Å². The van der Waals surface area contributed by atoms with Gasteiger partial charge in [-0.05, 0) is 26.8 Å². The molecule has 3 rings (SSSR count). The maximum Gasteiger partial charge on any atom is 0.194 e. The van der Waals surface area contributed by atoms with E-state index < -0.39 is 0 Å². The van der Waals surface area contributed by atoms with Crippen molar-refractivity contribution in [3.63, 3.8) is 0 Å². The summed E-state index contributed by atoms with van der Waals surface area (Å²) in [5, 5.41) is 3.47. The summed E-state index contributed by atoms with van der Waals surface area (Å²) in [6.45, 7) is 13.7.